The zero-order chi connectivity index (χ0) is 18.0. The van der Waals surface area contributed by atoms with E-state index in [1.165, 1.54) is 12.1 Å². The van der Waals surface area contributed by atoms with Crippen molar-refractivity contribution in [3.05, 3.63) is 70.4 Å². The lowest BCUT2D eigenvalue weighted by Crippen LogP contribution is -2.05. The molecule has 1 aromatic heterocycles. The largest absolute Gasteiger partial charge is 0.416 e. The van der Waals surface area contributed by atoms with Crippen molar-refractivity contribution >= 4 is 0 Å². The molecule has 0 radical (unpaired) electrons. The van der Waals surface area contributed by atoms with Gasteiger partial charge in [-0.1, -0.05) is 30.3 Å². The number of aryl methyl sites for hydroxylation is 1. The molecule has 0 spiro atoms. The fourth-order valence-corrected chi connectivity index (χ4v) is 2.63. The van der Waals surface area contributed by atoms with Crippen molar-refractivity contribution in [2.45, 2.75) is 19.5 Å². The second-order valence-electron chi connectivity index (χ2n) is 5.65. The molecule has 0 fully saturated rings. The average Bonchev–Trinajstić information content (AvgIpc) is 3.05. The van der Waals surface area contributed by atoms with E-state index < -0.39 is 11.7 Å². The van der Waals surface area contributed by atoms with Crippen LogP contribution in [0.25, 0.3) is 11.3 Å². The minimum atomic E-state index is -4.35. The van der Waals surface area contributed by atoms with E-state index in [-0.39, 0.29) is 5.69 Å². The number of aromatic amines is 1. The van der Waals surface area contributed by atoms with Gasteiger partial charge in [-0.2, -0.15) is 28.7 Å². The number of rotatable bonds is 3. The maximum absolute atomic E-state index is 12.8. The van der Waals surface area contributed by atoms with Crippen LogP contribution in [-0.2, 0) is 12.6 Å². The third-order valence-electron chi connectivity index (χ3n) is 3.92. The SMILES string of the molecule is Cc1cc(-c2n[nH]nc2C#N)ccc1Cc1cccc(C(F)(F)F)c1. The van der Waals surface area contributed by atoms with Gasteiger partial charge in [0.1, 0.15) is 11.8 Å². The highest BCUT2D eigenvalue weighted by atomic mass is 19.4. The molecule has 3 rings (SSSR count). The highest BCUT2D eigenvalue weighted by Gasteiger charge is 2.30. The molecule has 0 saturated heterocycles. The number of hydrogen-bond donors (Lipinski definition) is 1. The highest BCUT2D eigenvalue weighted by Crippen LogP contribution is 2.30. The minimum Gasteiger partial charge on any atom is -0.196 e. The lowest BCUT2D eigenvalue weighted by atomic mass is 9.96. The van der Waals surface area contributed by atoms with E-state index in [0.29, 0.717) is 17.7 Å². The van der Waals surface area contributed by atoms with Gasteiger partial charge in [-0.15, -0.1) is 5.10 Å². The molecule has 7 heteroatoms. The Hall–Kier alpha value is -3.14. The van der Waals surface area contributed by atoms with E-state index in [1.54, 1.807) is 12.1 Å². The third kappa shape index (κ3) is 3.53. The quantitative estimate of drug-likeness (QED) is 0.773. The van der Waals surface area contributed by atoms with Crippen LogP contribution >= 0.6 is 0 Å². The van der Waals surface area contributed by atoms with Crippen LogP contribution in [0.5, 0.6) is 0 Å². The number of hydrogen-bond acceptors (Lipinski definition) is 3. The maximum atomic E-state index is 12.8. The molecule has 0 amide bonds. The Balaban J connectivity index is 1.89. The first-order chi connectivity index (χ1) is 11.9. The van der Waals surface area contributed by atoms with Gasteiger partial charge >= 0.3 is 6.18 Å². The molecule has 0 atom stereocenters. The molecule has 0 bridgehead atoms. The summed E-state index contributed by atoms with van der Waals surface area (Å²) < 4.78 is 38.5. The van der Waals surface area contributed by atoms with Gasteiger partial charge in [-0.25, -0.2) is 0 Å². The number of aromatic nitrogens is 3. The van der Waals surface area contributed by atoms with Gasteiger partial charge in [0.15, 0.2) is 5.69 Å². The number of alkyl halides is 3. The maximum Gasteiger partial charge on any atom is 0.416 e. The smallest absolute Gasteiger partial charge is 0.196 e. The molecule has 1 N–H and O–H groups in total. The highest BCUT2D eigenvalue weighted by molar-refractivity contribution is 5.65. The first kappa shape index (κ1) is 16.7. The molecule has 3 aromatic rings. The number of nitriles is 1. The fraction of sp³-hybridized carbons (Fsp3) is 0.167. The molecule has 0 aliphatic heterocycles. The molecular formula is C18H13F3N4. The predicted molar refractivity (Wildman–Crippen MR) is 85.5 cm³/mol. The van der Waals surface area contributed by atoms with Crippen LogP contribution in [0.15, 0.2) is 42.5 Å². The van der Waals surface area contributed by atoms with Crippen LogP contribution in [-0.4, -0.2) is 15.4 Å². The van der Waals surface area contributed by atoms with Crippen LogP contribution < -0.4 is 0 Å². The molecule has 1 heterocycles. The van der Waals surface area contributed by atoms with E-state index in [0.717, 1.165) is 22.8 Å². The van der Waals surface area contributed by atoms with Gasteiger partial charge < -0.3 is 0 Å². The first-order valence-corrected chi connectivity index (χ1v) is 7.45. The van der Waals surface area contributed by atoms with Crippen LogP contribution in [0.2, 0.25) is 0 Å². The van der Waals surface area contributed by atoms with Gasteiger partial charge in [0.05, 0.1) is 5.56 Å². The van der Waals surface area contributed by atoms with E-state index >= 15 is 0 Å². The van der Waals surface area contributed by atoms with Gasteiger partial charge in [0, 0.05) is 5.56 Å². The van der Waals surface area contributed by atoms with Gasteiger partial charge in [0.25, 0.3) is 0 Å². The monoisotopic (exact) mass is 342 g/mol. The fourth-order valence-electron chi connectivity index (χ4n) is 2.63. The first-order valence-electron chi connectivity index (χ1n) is 7.45. The summed E-state index contributed by atoms with van der Waals surface area (Å²) in [5, 5.41) is 19.2. The number of halogens is 3. The average molecular weight is 342 g/mol. The Morgan fingerprint density at radius 2 is 1.92 bits per heavy atom. The van der Waals surface area contributed by atoms with Crippen molar-refractivity contribution in [3.8, 4) is 17.3 Å². The predicted octanol–water partition coefficient (Wildman–Crippen LogP) is 4.26. The van der Waals surface area contributed by atoms with E-state index in [4.69, 9.17) is 5.26 Å². The molecule has 2 aromatic carbocycles. The molecule has 25 heavy (non-hydrogen) atoms. The van der Waals surface area contributed by atoms with Crippen LogP contribution in [0.1, 0.15) is 27.9 Å². The molecule has 0 unspecified atom stereocenters. The molecule has 0 saturated carbocycles. The second-order valence-corrected chi connectivity index (χ2v) is 5.65. The van der Waals surface area contributed by atoms with E-state index in [9.17, 15) is 13.2 Å². The topological polar surface area (TPSA) is 65.4 Å². The Morgan fingerprint density at radius 3 is 2.60 bits per heavy atom. The number of nitrogens with zero attached hydrogens (tertiary/aromatic N) is 3. The standard InChI is InChI=1S/C18H13F3N4/c1-11-7-14(17-16(10-22)23-25-24-17)6-5-13(11)8-12-3-2-4-15(9-12)18(19,20)21/h2-7,9H,8H2,1H3,(H,23,24,25). The summed E-state index contributed by atoms with van der Waals surface area (Å²) in [5.41, 5.74) is 3.13. The summed E-state index contributed by atoms with van der Waals surface area (Å²) in [4.78, 5) is 0. The number of H-pyrrole nitrogens is 1. The number of benzene rings is 2. The summed E-state index contributed by atoms with van der Waals surface area (Å²) in [5.74, 6) is 0. The van der Waals surface area contributed by atoms with Gasteiger partial charge in [0.2, 0.25) is 0 Å². The zero-order valence-corrected chi connectivity index (χ0v) is 13.2. The third-order valence-corrected chi connectivity index (χ3v) is 3.92. The van der Waals surface area contributed by atoms with Crippen molar-refractivity contribution in [3.63, 3.8) is 0 Å². The van der Waals surface area contributed by atoms with Crippen molar-refractivity contribution in [2.24, 2.45) is 0 Å². The van der Waals surface area contributed by atoms with Gasteiger partial charge in [-0.05, 0) is 42.2 Å². The summed E-state index contributed by atoms with van der Waals surface area (Å²) in [6.07, 6.45) is -3.96. The summed E-state index contributed by atoms with van der Waals surface area (Å²) in [7, 11) is 0. The summed E-state index contributed by atoms with van der Waals surface area (Å²) in [6, 6.07) is 12.7. The molecule has 4 nitrogen and oxygen atoms in total. The normalized spacial score (nSPS) is 11.3. The van der Waals surface area contributed by atoms with Crippen LogP contribution in [0.3, 0.4) is 0 Å². The number of nitrogens with one attached hydrogen (secondary N) is 1. The Morgan fingerprint density at radius 1 is 1.12 bits per heavy atom. The van der Waals surface area contributed by atoms with E-state index in [1.807, 2.05) is 25.1 Å². The van der Waals surface area contributed by atoms with Gasteiger partial charge in [-0.3, -0.25) is 0 Å². The van der Waals surface area contributed by atoms with E-state index in [2.05, 4.69) is 15.4 Å². The Kier molecular flexibility index (Phi) is 4.28. The van der Waals surface area contributed by atoms with Crippen molar-refractivity contribution in [1.29, 1.82) is 5.26 Å². The summed E-state index contributed by atoms with van der Waals surface area (Å²) in [6.45, 7) is 1.87. The van der Waals surface area contributed by atoms with Crippen molar-refractivity contribution in [2.75, 3.05) is 0 Å². The van der Waals surface area contributed by atoms with Crippen LogP contribution in [0.4, 0.5) is 13.2 Å². The van der Waals surface area contributed by atoms with Crippen molar-refractivity contribution < 1.29 is 13.2 Å². The Labute approximate surface area is 141 Å². The molecule has 0 aliphatic carbocycles. The molecular weight excluding hydrogens is 329 g/mol. The lowest BCUT2D eigenvalue weighted by Gasteiger charge is -2.11. The molecule has 126 valence electrons. The lowest BCUT2D eigenvalue weighted by molar-refractivity contribution is -0.137. The minimum absolute atomic E-state index is 0.199. The summed E-state index contributed by atoms with van der Waals surface area (Å²) >= 11 is 0. The second kappa shape index (κ2) is 6.40. The van der Waals surface area contributed by atoms with Crippen molar-refractivity contribution in [1.82, 2.24) is 15.4 Å². The van der Waals surface area contributed by atoms with Crippen LogP contribution in [0, 0.1) is 18.3 Å². The molecule has 0 aliphatic rings. The Bertz CT molecular complexity index is 951. The zero-order valence-electron chi connectivity index (χ0n) is 13.2.